The van der Waals surface area contributed by atoms with Crippen molar-refractivity contribution >= 4 is 0 Å². The van der Waals surface area contributed by atoms with Crippen LogP contribution < -0.4 is 0 Å². The van der Waals surface area contributed by atoms with Crippen LogP contribution in [0.25, 0.3) is 0 Å². The van der Waals surface area contributed by atoms with Gasteiger partial charge in [-0.2, -0.15) is 5.26 Å². The molecule has 0 saturated carbocycles. The van der Waals surface area contributed by atoms with E-state index in [-0.39, 0.29) is 0 Å². The van der Waals surface area contributed by atoms with E-state index in [1.54, 1.807) is 0 Å². The van der Waals surface area contributed by atoms with Gasteiger partial charge in [0.05, 0.1) is 11.5 Å². The number of hydrogen-bond donors (Lipinski definition) is 0. The molecule has 0 amide bonds. The minimum atomic E-state index is -0.437. The van der Waals surface area contributed by atoms with E-state index in [4.69, 9.17) is 11.7 Å². The van der Waals surface area contributed by atoms with Crippen LogP contribution in [-0.2, 0) is 5.41 Å². The maximum absolute atomic E-state index is 8.88. The van der Waals surface area contributed by atoms with Crippen molar-refractivity contribution in [3.05, 3.63) is 35.4 Å². The van der Waals surface area contributed by atoms with E-state index in [9.17, 15) is 0 Å². The summed E-state index contributed by atoms with van der Waals surface area (Å²) >= 11 is 0. The summed E-state index contributed by atoms with van der Waals surface area (Å²) < 4.78 is 0. The topological polar surface area (TPSA) is 23.8 Å². The van der Waals surface area contributed by atoms with Crippen LogP contribution in [0, 0.1) is 23.7 Å². The maximum Gasteiger partial charge on any atom is 0.0766 e. The predicted octanol–water partition coefficient (Wildman–Crippen LogP) is 2.47. The minimum Gasteiger partial charge on any atom is -0.197 e. The summed E-state index contributed by atoms with van der Waals surface area (Å²) in [6.07, 6.45) is 5.23. The van der Waals surface area contributed by atoms with E-state index in [0.717, 1.165) is 11.1 Å². The summed E-state index contributed by atoms with van der Waals surface area (Å²) in [4.78, 5) is 0. The monoisotopic (exact) mass is 169 g/mol. The first kappa shape index (κ1) is 9.36. The highest BCUT2D eigenvalue weighted by Gasteiger charge is 2.18. The number of hydrogen-bond acceptors (Lipinski definition) is 1. The standard InChI is InChI=1S/C12H11N/c1-4-10-5-7-11(8-6-10)12(2,3)9-13/h1,5-8H,2-3H3. The molecule has 1 rings (SSSR count). The molecule has 0 N–H and O–H groups in total. The number of nitrogens with zero attached hydrogens (tertiary/aromatic N) is 1. The second-order valence-electron chi connectivity index (χ2n) is 3.46. The molecule has 0 aliphatic rings. The first-order valence-electron chi connectivity index (χ1n) is 4.08. The lowest BCUT2D eigenvalue weighted by Crippen LogP contribution is -2.13. The van der Waals surface area contributed by atoms with Crippen molar-refractivity contribution < 1.29 is 0 Å². The van der Waals surface area contributed by atoms with Gasteiger partial charge in [-0.1, -0.05) is 18.1 Å². The molecule has 0 bridgehead atoms. The smallest absolute Gasteiger partial charge is 0.0766 e. The summed E-state index contributed by atoms with van der Waals surface area (Å²) in [7, 11) is 0. The molecule has 0 aliphatic carbocycles. The Balaban J connectivity index is 3.09. The minimum absolute atomic E-state index is 0.437. The molecule has 64 valence electrons. The van der Waals surface area contributed by atoms with Crippen molar-refractivity contribution in [3.63, 3.8) is 0 Å². The zero-order valence-corrected chi connectivity index (χ0v) is 7.83. The SMILES string of the molecule is C#Cc1ccc(C(C)(C)C#N)cc1. The second-order valence-corrected chi connectivity index (χ2v) is 3.46. The molecule has 0 spiro atoms. The van der Waals surface area contributed by atoms with Crippen molar-refractivity contribution in [1.82, 2.24) is 0 Å². The maximum atomic E-state index is 8.88. The number of terminal acetylenes is 1. The third kappa shape index (κ3) is 1.89. The van der Waals surface area contributed by atoms with Gasteiger partial charge in [-0.25, -0.2) is 0 Å². The molecule has 1 aromatic rings. The van der Waals surface area contributed by atoms with Crippen molar-refractivity contribution in [1.29, 1.82) is 5.26 Å². The van der Waals surface area contributed by atoms with Gasteiger partial charge in [-0.05, 0) is 31.5 Å². The van der Waals surface area contributed by atoms with E-state index < -0.39 is 5.41 Å². The zero-order valence-electron chi connectivity index (χ0n) is 7.83. The molecule has 0 aromatic heterocycles. The Morgan fingerprint density at radius 2 is 1.77 bits per heavy atom. The quantitative estimate of drug-likeness (QED) is 0.592. The molecule has 0 radical (unpaired) electrons. The molecular formula is C12H11N. The summed E-state index contributed by atoms with van der Waals surface area (Å²) in [5.41, 5.74) is 1.40. The van der Waals surface area contributed by atoms with Gasteiger partial charge in [0.2, 0.25) is 0 Å². The van der Waals surface area contributed by atoms with Crippen molar-refractivity contribution in [2.75, 3.05) is 0 Å². The number of nitriles is 1. The Labute approximate surface area is 79.0 Å². The molecular weight excluding hydrogens is 158 g/mol. The fourth-order valence-electron chi connectivity index (χ4n) is 1.05. The highest BCUT2D eigenvalue weighted by Crippen LogP contribution is 2.21. The lowest BCUT2D eigenvalue weighted by Gasteiger charge is -2.15. The Morgan fingerprint density at radius 3 is 2.15 bits per heavy atom. The van der Waals surface area contributed by atoms with Gasteiger partial charge < -0.3 is 0 Å². The summed E-state index contributed by atoms with van der Waals surface area (Å²) in [6.45, 7) is 3.77. The van der Waals surface area contributed by atoms with Crippen molar-refractivity contribution in [2.24, 2.45) is 0 Å². The lowest BCUT2D eigenvalue weighted by molar-refractivity contribution is 0.687. The second kappa shape index (κ2) is 3.33. The van der Waals surface area contributed by atoms with E-state index in [0.29, 0.717) is 0 Å². The third-order valence-corrected chi connectivity index (χ3v) is 2.05. The van der Waals surface area contributed by atoms with Crippen LogP contribution in [0.3, 0.4) is 0 Å². The van der Waals surface area contributed by atoms with E-state index in [2.05, 4.69) is 12.0 Å². The number of benzene rings is 1. The Hall–Kier alpha value is -1.73. The molecule has 1 nitrogen and oxygen atoms in total. The Morgan fingerprint density at radius 1 is 1.23 bits per heavy atom. The molecule has 0 heterocycles. The largest absolute Gasteiger partial charge is 0.197 e. The van der Waals surface area contributed by atoms with Crippen molar-refractivity contribution in [3.8, 4) is 18.4 Å². The van der Waals surface area contributed by atoms with Gasteiger partial charge in [0.1, 0.15) is 0 Å². The Bertz CT molecular complexity index is 371. The third-order valence-electron chi connectivity index (χ3n) is 2.05. The van der Waals surface area contributed by atoms with Gasteiger partial charge >= 0.3 is 0 Å². The molecule has 1 aromatic carbocycles. The van der Waals surface area contributed by atoms with E-state index in [1.165, 1.54) is 0 Å². The van der Waals surface area contributed by atoms with Gasteiger partial charge in [-0.15, -0.1) is 6.42 Å². The highest BCUT2D eigenvalue weighted by atomic mass is 14.3. The van der Waals surface area contributed by atoms with Crippen LogP contribution in [0.2, 0.25) is 0 Å². The van der Waals surface area contributed by atoms with Crippen LogP contribution in [0.1, 0.15) is 25.0 Å². The van der Waals surface area contributed by atoms with Crippen LogP contribution in [0.4, 0.5) is 0 Å². The fourth-order valence-corrected chi connectivity index (χ4v) is 1.05. The molecule has 0 aliphatic heterocycles. The van der Waals surface area contributed by atoms with Gasteiger partial charge in [0.25, 0.3) is 0 Å². The van der Waals surface area contributed by atoms with Gasteiger partial charge in [0.15, 0.2) is 0 Å². The zero-order chi connectivity index (χ0) is 9.90. The van der Waals surface area contributed by atoms with Crippen LogP contribution in [0.15, 0.2) is 24.3 Å². The molecule has 0 fully saturated rings. The lowest BCUT2D eigenvalue weighted by atomic mass is 9.86. The van der Waals surface area contributed by atoms with Gasteiger partial charge in [-0.3, -0.25) is 0 Å². The first-order valence-corrected chi connectivity index (χ1v) is 4.08. The molecule has 13 heavy (non-hydrogen) atoms. The van der Waals surface area contributed by atoms with E-state index >= 15 is 0 Å². The summed E-state index contributed by atoms with van der Waals surface area (Å²) in [5.74, 6) is 2.54. The fraction of sp³-hybridized carbons (Fsp3) is 0.250. The highest BCUT2D eigenvalue weighted by molar-refractivity contribution is 5.38. The molecule has 0 saturated heterocycles. The number of rotatable bonds is 1. The van der Waals surface area contributed by atoms with Crippen molar-refractivity contribution in [2.45, 2.75) is 19.3 Å². The van der Waals surface area contributed by atoms with Crippen LogP contribution in [-0.4, -0.2) is 0 Å². The molecule has 0 unspecified atom stereocenters. The van der Waals surface area contributed by atoms with Crippen LogP contribution in [0.5, 0.6) is 0 Å². The molecule has 1 heteroatoms. The predicted molar refractivity (Wildman–Crippen MR) is 53.0 cm³/mol. The van der Waals surface area contributed by atoms with Gasteiger partial charge in [0, 0.05) is 5.56 Å². The van der Waals surface area contributed by atoms with E-state index in [1.807, 2.05) is 38.1 Å². The first-order chi connectivity index (χ1) is 6.10. The average Bonchev–Trinajstić information content (AvgIpc) is 2.18. The normalized spacial score (nSPS) is 10.2. The van der Waals surface area contributed by atoms with Crippen LogP contribution >= 0.6 is 0 Å². The summed E-state index contributed by atoms with van der Waals surface area (Å²) in [5, 5.41) is 8.88. The average molecular weight is 169 g/mol. The molecule has 0 atom stereocenters. The summed E-state index contributed by atoms with van der Waals surface area (Å²) in [6, 6.07) is 9.76. The Kier molecular flexibility index (Phi) is 2.40.